The minimum absolute atomic E-state index is 0.201. The molecular weight excluding hydrogens is 309 g/mol. The number of aliphatic carboxylic acids is 1. The van der Waals surface area contributed by atoms with Gasteiger partial charge in [0.1, 0.15) is 0 Å². The van der Waals surface area contributed by atoms with E-state index in [2.05, 4.69) is 4.90 Å². The van der Waals surface area contributed by atoms with Crippen LogP contribution in [0, 0.1) is 11.8 Å². The number of carboxylic acids is 1. The van der Waals surface area contributed by atoms with Crippen molar-refractivity contribution in [3.63, 3.8) is 0 Å². The highest BCUT2D eigenvalue weighted by Crippen LogP contribution is 2.30. The Labute approximate surface area is 135 Å². The van der Waals surface area contributed by atoms with Crippen molar-refractivity contribution >= 4 is 29.2 Å². The first kappa shape index (κ1) is 16.6. The van der Waals surface area contributed by atoms with E-state index in [0.29, 0.717) is 16.0 Å². The van der Waals surface area contributed by atoms with Crippen LogP contribution in [0.2, 0.25) is 10.0 Å². The molecule has 1 N–H and O–H groups in total. The number of rotatable bonds is 5. The summed E-state index contributed by atoms with van der Waals surface area (Å²) in [6, 6.07) is 5.57. The molecule has 2 unspecified atom stereocenters. The van der Waals surface area contributed by atoms with E-state index in [1.807, 2.05) is 25.1 Å². The van der Waals surface area contributed by atoms with Gasteiger partial charge in [-0.3, -0.25) is 9.69 Å². The topological polar surface area (TPSA) is 40.5 Å². The van der Waals surface area contributed by atoms with Gasteiger partial charge in [0.15, 0.2) is 0 Å². The van der Waals surface area contributed by atoms with Gasteiger partial charge in [-0.25, -0.2) is 0 Å². The molecule has 0 radical (unpaired) electrons. The summed E-state index contributed by atoms with van der Waals surface area (Å²) in [6.45, 7) is 4.69. The van der Waals surface area contributed by atoms with Crippen molar-refractivity contribution in [2.45, 2.75) is 32.7 Å². The van der Waals surface area contributed by atoms with E-state index in [0.717, 1.165) is 38.0 Å². The third-order valence-electron chi connectivity index (χ3n) is 4.29. The van der Waals surface area contributed by atoms with Crippen molar-refractivity contribution in [1.29, 1.82) is 0 Å². The molecule has 3 nitrogen and oxygen atoms in total. The molecule has 5 heteroatoms. The maximum absolute atomic E-state index is 10.9. The molecule has 1 aliphatic heterocycles. The summed E-state index contributed by atoms with van der Waals surface area (Å²) in [5.74, 6) is -0.0862. The fraction of sp³-hybridized carbons (Fsp3) is 0.562. The molecule has 1 aromatic rings. The van der Waals surface area contributed by atoms with Gasteiger partial charge >= 0.3 is 5.97 Å². The lowest BCUT2D eigenvalue weighted by atomic mass is 9.84. The van der Waals surface area contributed by atoms with E-state index >= 15 is 0 Å². The van der Waals surface area contributed by atoms with Gasteiger partial charge in [-0.2, -0.15) is 0 Å². The van der Waals surface area contributed by atoms with Crippen molar-refractivity contribution in [2.24, 2.45) is 11.8 Å². The highest BCUT2D eigenvalue weighted by atomic mass is 35.5. The molecule has 1 aromatic carbocycles. The van der Waals surface area contributed by atoms with Gasteiger partial charge in [-0.15, -0.1) is 0 Å². The van der Waals surface area contributed by atoms with E-state index in [9.17, 15) is 4.79 Å². The maximum Gasteiger partial charge on any atom is 0.303 e. The molecule has 116 valence electrons. The van der Waals surface area contributed by atoms with Crippen LogP contribution in [0.1, 0.15) is 31.7 Å². The van der Waals surface area contributed by atoms with Crippen molar-refractivity contribution in [2.75, 3.05) is 13.1 Å². The Hall–Kier alpha value is -0.770. The first-order chi connectivity index (χ1) is 9.97. The Balaban J connectivity index is 2.00. The summed E-state index contributed by atoms with van der Waals surface area (Å²) in [5, 5.41) is 10.3. The quantitative estimate of drug-likeness (QED) is 0.874. The summed E-state index contributed by atoms with van der Waals surface area (Å²) >= 11 is 12.5. The SMILES string of the molecule is CC(CC(=O)O)C1CCCN(Cc2c(Cl)cccc2Cl)C1. The second kappa shape index (κ2) is 7.48. The number of piperidine rings is 1. The van der Waals surface area contributed by atoms with Crippen molar-refractivity contribution in [3.05, 3.63) is 33.8 Å². The predicted octanol–water partition coefficient (Wildman–Crippen LogP) is 4.32. The molecule has 0 spiro atoms. The molecule has 1 saturated heterocycles. The summed E-state index contributed by atoms with van der Waals surface area (Å²) in [6.07, 6.45) is 2.43. The number of nitrogens with zero attached hydrogens (tertiary/aromatic N) is 1. The number of halogens is 2. The predicted molar refractivity (Wildman–Crippen MR) is 85.9 cm³/mol. The number of hydrogen-bond acceptors (Lipinski definition) is 2. The zero-order chi connectivity index (χ0) is 15.4. The number of carboxylic acid groups (broad SMARTS) is 1. The van der Waals surface area contributed by atoms with Gasteiger partial charge < -0.3 is 5.11 Å². The lowest BCUT2D eigenvalue weighted by molar-refractivity contribution is -0.138. The molecule has 0 amide bonds. The highest BCUT2D eigenvalue weighted by Gasteiger charge is 2.26. The standard InChI is InChI=1S/C16H21Cl2NO2/c1-11(8-16(20)21)12-4-3-7-19(9-12)10-13-14(17)5-2-6-15(13)18/h2,5-6,11-12H,3-4,7-10H2,1H3,(H,20,21). The number of benzene rings is 1. The average molecular weight is 330 g/mol. The van der Waals surface area contributed by atoms with Gasteiger partial charge in [0.2, 0.25) is 0 Å². The lowest BCUT2D eigenvalue weighted by Crippen LogP contribution is -2.38. The molecule has 1 aliphatic rings. The molecule has 0 aliphatic carbocycles. The Bertz CT molecular complexity index is 487. The zero-order valence-corrected chi connectivity index (χ0v) is 13.7. The second-order valence-electron chi connectivity index (χ2n) is 5.91. The van der Waals surface area contributed by atoms with Gasteiger partial charge in [0.05, 0.1) is 0 Å². The van der Waals surface area contributed by atoms with E-state index in [-0.39, 0.29) is 12.3 Å². The van der Waals surface area contributed by atoms with E-state index in [1.165, 1.54) is 0 Å². The maximum atomic E-state index is 10.9. The summed E-state index contributed by atoms with van der Waals surface area (Å²) in [5.41, 5.74) is 0.965. The minimum atomic E-state index is -0.714. The first-order valence-electron chi connectivity index (χ1n) is 7.34. The van der Waals surface area contributed by atoms with Crippen LogP contribution >= 0.6 is 23.2 Å². The Kier molecular flexibility index (Phi) is 5.91. The van der Waals surface area contributed by atoms with Crippen LogP contribution < -0.4 is 0 Å². The smallest absolute Gasteiger partial charge is 0.303 e. The molecule has 2 rings (SSSR count). The van der Waals surface area contributed by atoms with Crippen LogP contribution in [0.15, 0.2) is 18.2 Å². The second-order valence-corrected chi connectivity index (χ2v) is 6.73. The largest absolute Gasteiger partial charge is 0.481 e. The van der Waals surface area contributed by atoms with Crippen molar-refractivity contribution in [3.8, 4) is 0 Å². The van der Waals surface area contributed by atoms with Crippen LogP contribution in [0.25, 0.3) is 0 Å². The van der Waals surface area contributed by atoms with Crippen LogP contribution in [-0.2, 0) is 11.3 Å². The normalized spacial score (nSPS) is 21.2. The monoisotopic (exact) mass is 329 g/mol. The summed E-state index contributed by atoms with van der Waals surface area (Å²) < 4.78 is 0. The first-order valence-corrected chi connectivity index (χ1v) is 8.10. The molecule has 21 heavy (non-hydrogen) atoms. The fourth-order valence-corrected chi connectivity index (χ4v) is 3.57. The van der Waals surface area contributed by atoms with Crippen LogP contribution in [0.5, 0.6) is 0 Å². The molecule has 0 saturated carbocycles. The molecule has 1 fully saturated rings. The van der Waals surface area contributed by atoms with E-state index in [1.54, 1.807) is 0 Å². The molecule has 1 heterocycles. The Morgan fingerprint density at radius 1 is 1.43 bits per heavy atom. The number of carbonyl (C=O) groups is 1. The van der Waals surface area contributed by atoms with Crippen LogP contribution in [-0.4, -0.2) is 29.1 Å². The average Bonchev–Trinajstić information content (AvgIpc) is 2.43. The Morgan fingerprint density at radius 2 is 2.10 bits per heavy atom. The lowest BCUT2D eigenvalue weighted by Gasteiger charge is -2.35. The summed E-state index contributed by atoms with van der Waals surface area (Å²) in [7, 11) is 0. The van der Waals surface area contributed by atoms with Gasteiger partial charge in [0.25, 0.3) is 0 Å². The van der Waals surface area contributed by atoms with Crippen molar-refractivity contribution < 1.29 is 9.90 Å². The fourth-order valence-electron chi connectivity index (χ4n) is 3.05. The molecule has 0 bridgehead atoms. The summed E-state index contributed by atoms with van der Waals surface area (Å²) in [4.78, 5) is 13.2. The number of likely N-dealkylation sites (tertiary alicyclic amines) is 1. The third kappa shape index (κ3) is 4.60. The van der Waals surface area contributed by atoms with Gasteiger partial charge in [-0.05, 0) is 43.4 Å². The van der Waals surface area contributed by atoms with Gasteiger partial charge in [0, 0.05) is 35.1 Å². The molecular formula is C16H21Cl2NO2. The molecule has 0 aromatic heterocycles. The van der Waals surface area contributed by atoms with Gasteiger partial charge in [-0.1, -0.05) is 36.2 Å². The van der Waals surface area contributed by atoms with Crippen molar-refractivity contribution in [1.82, 2.24) is 4.90 Å². The number of hydrogen-bond donors (Lipinski definition) is 1. The van der Waals surface area contributed by atoms with Crippen LogP contribution in [0.4, 0.5) is 0 Å². The highest BCUT2D eigenvalue weighted by molar-refractivity contribution is 6.35. The van der Waals surface area contributed by atoms with E-state index < -0.39 is 5.97 Å². The molecule has 2 atom stereocenters. The zero-order valence-electron chi connectivity index (χ0n) is 12.2. The van der Waals surface area contributed by atoms with Crippen LogP contribution in [0.3, 0.4) is 0 Å². The minimum Gasteiger partial charge on any atom is -0.481 e. The van der Waals surface area contributed by atoms with E-state index in [4.69, 9.17) is 28.3 Å². The third-order valence-corrected chi connectivity index (χ3v) is 4.99. The Morgan fingerprint density at radius 3 is 2.71 bits per heavy atom.